The van der Waals surface area contributed by atoms with Gasteiger partial charge in [0.1, 0.15) is 0 Å². The average molecular weight is 795 g/mol. The zero-order chi connectivity index (χ0) is 41.7. The van der Waals surface area contributed by atoms with E-state index in [4.69, 9.17) is 20.4 Å². The summed E-state index contributed by atoms with van der Waals surface area (Å²) in [6.07, 6.45) is 0. The molecule has 0 radical (unpaired) electrons. The highest BCUT2D eigenvalue weighted by Crippen LogP contribution is 2.46. The van der Waals surface area contributed by atoms with Crippen LogP contribution in [0, 0.1) is 23.7 Å². The van der Waals surface area contributed by atoms with E-state index in [1.54, 1.807) is 0 Å². The van der Waals surface area contributed by atoms with Gasteiger partial charge >= 0.3 is 0 Å². The van der Waals surface area contributed by atoms with Crippen LogP contribution in [0.3, 0.4) is 0 Å². The number of carbonyl (C=O) groups excluding carboxylic acids is 4. The van der Waals surface area contributed by atoms with E-state index in [1.165, 1.54) is 20.0 Å². The largest absolute Gasteiger partial charge is 0.272 e. The van der Waals surface area contributed by atoms with Crippen LogP contribution in [-0.2, 0) is 19.2 Å². The van der Waals surface area contributed by atoms with Crippen LogP contribution in [-0.4, -0.2) is 46.5 Å². The van der Waals surface area contributed by atoms with Crippen molar-refractivity contribution in [2.75, 3.05) is 20.0 Å². The molecule has 0 fully saturated rings. The van der Waals surface area contributed by atoms with Gasteiger partial charge in [0.2, 0.25) is 0 Å². The van der Waals surface area contributed by atoms with Crippen molar-refractivity contribution in [2.24, 2.45) is 44.1 Å². The molecule has 5 aromatic carbocycles. The van der Waals surface area contributed by atoms with Crippen LogP contribution in [0.4, 0.5) is 22.7 Å². The summed E-state index contributed by atoms with van der Waals surface area (Å²) in [5.74, 6) is -5.57. The Hall–Kier alpha value is -7.34. The van der Waals surface area contributed by atoms with Gasteiger partial charge in [0.25, 0.3) is 23.6 Å². The van der Waals surface area contributed by atoms with E-state index in [1.807, 2.05) is 173 Å². The number of rotatable bonds is 10. The smallest absolute Gasteiger partial charge is 0.256 e. The number of para-hydroxylation sites is 4. The van der Waals surface area contributed by atoms with Crippen molar-refractivity contribution in [3.05, 3.63) is 157 Å². The highest BCUT2D eigenvalue weighted by Gasteiger charge is 2.52. The summed E-state index contributed by atoms with van der Waals surface area (Å²) < 4.78 is 0. The van der Waals surface area contributed by atoms with E-state index in [0.717, 1.165) is 0 Å². The highest BCUT2D eigenvalue weighted by atomic mass is 16.2. The Kier molecular flexibility index (Phi) is 9.83. The Morgan fingerprint density at radius 1 is 0.333 bits per heavy atom. The van der Waals surface area contributed by atoms with Crippen LogP contribution in [0.25, 0.3) is 0 Å². The molecular weight excluding hydrogens is 753 g/mol. The molecule has 4 aliphatic heterocycles. The van der Waals surface area contributed by atoms with E-state index in [2.05, 4.69) is 0 Å². The lowest BCUT2D eigenvalue weighted by Gasteiger charge is -2.31. The van der Waals surface area contributed by atoms with Crippen molar-refractivity contribution >= 4 is 69.2 Å². The summed E-state index contributed by atoms with van der Waals surface area (Å²) in [5, 5.41) is 24.6. The number of hydrazone groups is 4. The molecule has 0 saturated heterocycles. The zero-order valence-corrected chi connectivity index (χ0v) is 33.5. The molecular formula is C48H42N8O4. The second-order valence-corrected chi connectivity index (χ2v) is 15.5. The van der Waals surface area contributed by atoms with E-state index < -0.39 is 35.5 Å². The summed E-state index contributed by atoms with van der Waals surface area (Å²) in [4.78, 5) is 58.2. The molecule has 9 rings (SSSR count). The third kappa shape index (κ3) is 6.50. The molecule has 4 heterocycles. The Bertz CT molecular complexity index is 2270. The number of hydrogen-bond donors (Lipinski definition) is 0. The summed E-state index contributed by atoms with van der Waals surface area (Å²) >= 11 is 0. The predicted octanol–water partition coefficient (Wildman–Crippen LogP) is 8.01. The van der Waals surface area contributed by atoms with Gasteiger partial charge in [0.15, 0.2) is 0 Å². The lowest BCUT2D eigenvalue weighted by Crippen LogP contribution is -2.41. The molecule has 6 atom stereocenters. The second kappa shape index (κ2) is 15.4. The molecule has 4 aliphatic rings. The van der Waals surface area contributed by atoms with E-state index in [-0.39, 0.29) is 23.6 Å². The molecule has 0 aromatic heterocycles. The highest BCUT2D eigenvalue weighted by molar-refractivity contribution is 6.21. The monoisotopic (exact) mass is 794 g/mol. The van der Waals surface area contributed by atoms with Gasteiger partial charge in [-0.05, 0) is 87.4 Å². The maximum absolute atomic E-state index is 14.6. The Balaban J connectivity index is 1.13. The van der Waals surface area contributed by atoms with Gasteiger partial charge in [-0.25, -0.2) is 20.0 Å². The first-order chi connectivity index (χ1) is 29.1. The van der Waals surface area contributed by atoms with Crippen molar-refractivity contribution in [1.29, 1.82) is 0 Å². The van der Waals surface area contributed by atoms with E-state index in [0.29, 0.717) is 56.7 Å². The Morgan fingerprint density at radius 2 is 0.533 bits per heavy atom. The molecule has 2 unspecified atom stereocenters. The molecule has 5 aromatic rings. The fourth-order valence-electron chi connectivity index (χ4n) is 9.08. The fourth-order valence-corrected chi connectivity index (χ4v) is 9.08. The first-order valence-corrected chi connectivity index (χ1v) is 20.0. The first kappa shape index (κ1) is 38.2. The average Bonchev–Trinajstić information content (AvgIpc) is 3.95. The van der Waals surface area contributed by atoms with Crippen molar-refractivity contribution in [3.8, 4) is 0 Å². The molecule has 0 aliphatic carbocycles. The van der Waals surface area contributed by atoms with Gasteiger partial charge in [-0.3, -0.25) is 19.2 Å². The third-order valence-electron chi connectivity index (χ3n) is 11.9. The van der Waals surface area contributed by atoms with Crippen LogP contribution < -0.4 is 20.0 Å². The van der Waals surface area contributed by atoms with Crippen LogP contribution in [0.2, 0.25) is 0 Å². The molecule has 12 heteroatoms. The standard InChI is InChI=1S/C48H42N8O4/c1-29-39(45(57)53(49-29)35-17-9-5-10-18-35)43(40-30(2)50-54(46(40)58)36-19-11-6-12-20-36)33-25-27-34(28-26-33)44(41-31(3)51-55(47(41)59)37-21-13-7-14-22-37)42-32(4)52-56(48(42)60)38-23-15-8-16-24-38/h5-28,39-44H,1-4H3/t39-,40+,41-,42+,43?,44?. The Morgan fingerprint density at radius 3 is 0.733 bits per heavy atom. The minimum atomic E-state index is -0.794. The zero-order valence-electron chi connectivity index (χ0n) is 33.5. The van der Waals surface area contributed by atoms with Gasteiger partial charge in [-0.1, -0.05) is 97.1 Å². The van der Waals surface area contributed by atoms with Crippen LogP contribution in [0.5, 0.6) is 0 Å². The molecule has 0 spiro atoms. The summed E-state index contributed by atoms with van der Waals surface area (Å²) in [6, 6.07) is 44.6. The minimum Gasteiger partial charge on any atom is -0.272 e. The SMILES string of the molecule is CC1=NN(c2ccccc2)C(=O)[C@H]1C(c1ccc(C([C@@H]2C(=O)N(c3ccccc3)N=C2C)[C@H]2C(=O)N(c3ccccc3)N=C2C)cc1)[C@H]1C(=O)N(c2ccccc2)N=C1C. The topological polar surface area (TPSA) is 131 Å². The molecule has 298 valence electrons. The molecule has 60 heavy (non-hydrogen) atoms. The number of benzene rings is 5. The van der Waals surface area contributed by atoms with Crippen LogP contribution in [0.15, 0.2) is 166 Å². The number of amides is 4. The van der Waals surface area contributed by atoms with Crippen LogP contribution in [0.1, 0.15) is 50.7 Å². The van der Waals surface area contributed by atoms with E-state index in [9.17, 15) is 19.2 Å². The van der Waals surface area contributed by atoms with Crippen molar-refractivity contribution < 1.29 is 19.2 Å². The van der Waals surface area contributed by atoms with Crippen molar-refractivity contribution in [3.63, 3.8) is 0 Å². The molecule has 4 amide bonds. The maximum atomic E-state index is 14.6. The molecule has 0 saturated carbocycles. The van der Waals surface area contributed by atoms with Gasteiger partial charge in [-0.2, -0.15) is 20.4 Å². The first-order valence-electron chi connectivity index (χ1n) is 20.0. The molecule has 12 nitrogen and oxygen atoms in total. The number of anilines is 4. The van der Waals surface area contributed by atoms with Gasteiger partial charge in [0, 0.05) is 34.7 Å². The van der Waals surface area contributed by atoms with Crippen LogP contribution >= 0.6 is 0 Å². The summed E-state index contributed by atoms with van der Waals surface area (Å²) in [7, 11) is 0. The lowest BCUT2D eigenvalue weighted by molar-refractivity contribution is -0.124. The van der Waals surface area contributed by atoms with Gasteiger partial charge < -0.3 is 0 Å². The number of carbonyl (C=O) groups is 4. The van der Waals surface area contributed by atoms with Gasteiger partial charge in [-0.15, -0.1) is 0 Å². The maximum Gasteiger partial charge on any atom is 0.256 e. The summed E-state index contributed by atoms with van der Waals surface area (Å²) in [6.45, 7) is 7.29. The second-order valence-electron chi connectivity index (χ2n) is 15.5. The molecule has 0 N–H and O–H groups in total. The minimum absolute atomic E-state index is 0.252. The van der Waals surface area contributed by atoms with E-state index >= 15 is 0 Å². The van der Waals surface area contributed by atoms with Gasteiger partial charge in [0.05, 0.1) is 46.4 Å². The normalized spacial score (nSPS) is 22.6. The summed E-state index contributed by atoms with van der Waals surface area (Å²) in [5.41, 5.74) is 6.22. The fraction of sp³-hybridized carbons (Fsp3) is 0.208. The predicted molar refractivity (Wildman–Crippen MR) is 234 cm³/mol. The molecule has 0 bridgehead atoms. The third-order valence-corrected chi connectivity index (χ3v) is 11.9. The van der Waals surface area contributed by atoms with Crippen molar-refractivity contribution in [2.45, 2.75) is 39.5 Å². The Labute approximate surface area is 347 Å². The quantitative estimate of drug-likeness (QED) is 0.142. The number of hydrogen-bond acceptors (Lipinski definition) is 8. The number of nitrogens with zero attached hydrogens (tertiary/aromatic N) is 8. The van der Waals surface area contributed by atoms with Crippen molar-refractivity contribution in [1.82, 2.24) is 0 Å². The lowest BCUT2D eigenvalue weighted by atomic mass is 9.70.